The number of rotatable bonds is 3. The van der Waals surface area contributed by atoms with Crippen molar-refractivity contribution in [2.45, 2.75) is 44.1 Å². The lowest BCUT2D eigenvalue weighted by Gasteiger charge is -2.26. The van der Waals surface area contributed by atoms with Crippen molar-refractivity contribution in [2.24, 2.45) is 23.5 Å². The number of fused-ring (bicyclic) bond motifs is 2. The van der Waals surface area contributed by atoms with Crippen LogP contribution in [0.3, 0.4) is 0 Å². The smallest absolute Gasteiger partial charge is 0.231 e. The molecule has 1 aromatic rings. The zero-order valence-electron chi connectivity index (χ0n) is 10.8. The Kier molecular flexibility index (Phi) is 2.67. The first-order valence-electron chi connectivity index (χ1n) is 7.24. The van der Waals surface area contributed by atoms with E-state index in [0.717, 1.165) is 17.2 Å². The van der Waals surface area contributed by atoms with E-state index in [-0.39, 0.29) is 17.9 Å². The van der Waals surface area contributed by atoms with Crippen LogP contribution in [0.15, 0.2) is 5.38 Å². The van der Waals surface area contributed by atoms with Crippen molar-refractivity contribution in [1.29, 1.82) is 0 Å². The zero-order chi connectivity index (χ0) is 13.0. The first kappa shape index (κ1) is 11.9. The Morgan fingerprint density at radius 1 is 1.32 bits per heavy atom. The molecule has 0 aliphatic heterocycles. The number of nitrogens with one attached hydrogen (secondary N) is 1. The summed E-state index contributed by atoms with van der Waals surface area (Å²) in [6.07, 6.45) is 6.01. The van der Waals surface area contributed by atoms with E-state index in [1.165, 1.54) is 25.7 Å². The van der Waals surface area contributed by atoms with Crippen LogP contribution in [0.5, 0.6) is 0 Å². The molecule has 3 aliphatic carbocycles. The van der Waals surface area contributed by atoms with Gasteiger partial charge in [0, 0.05) is 17.3 Å². The van der Waals surface area contributed by atoms with Gasteiger partial charge in [-0.25, -0.2) is 4.98 Å². The average molecular weight is 277 g/mol. The van der Waals surface area contributed by atoms with Crippen LogP contribution < -0.4 is 11.1 Å². The van der Waals surface area contributed by atoms with Gasteiger partial charge in [-0.05, 0) is 43.9 Å². The summed E-state index contributed by atoms with van der Waals surface area (Å²) in [6.45, 7) is 0. The van der Waals surface area contributed by atoms with Gasteiger partial charge in [0.05, 0.1) is 11.6 Å². The summed E-state index contributed by atoms with van der Waals surface area (Å²) in [5, 5.41) is 5.82. The number of carbonyl (C=O) groups is 1. The second-order valence-corrected chi connectivity index (χ2v) is 7.14. The van der Waals surface area contributed by atoms with E-state index in [0.29, 0.717) is 17.8 Å². The van der Waals surface area contributed by atoms with E-state index < -0.39 is 0 Å². The van der Waals surface area contributed by atoms with E-state index in [1.807, 2.05) is 0 Å². The lowest BCUT2D eigenvalue weighted by molar-refractivity contribution is -0.121. The fourth-order valence-electron chi connectivity index (χ4n) is 3.82. The minimum Gasteiger partial charge on any atom is -0.327 e. The molecule has 102 valence electrons. The van der Waals surface area contributed by atoms with Gasteiger partial charge in [-0.1, -0.05) is 0 Å². The number of thiazole rings is 1. The molecule has 3 N–H and O–H groups in total. The van der Waals surface area contributed by atoms with Crippen molar-refractivity contribution in [3.05, 3.63) is 11.1 Å². The van der Waals surface area contributed by atoms with Crippen molar-refractivity contribution in [1.82, 2.24) is 4.98 Å². The maximum absolute atomic E-state index is 12.4. The highest BCUT2D eigenvalue weighted by atomic mass is 32.1. The second-order valence-electron chi connectivity index (χ2n) is 6.28. The standard InChI is InChI=1S/C14H19N3OS/c15-12-9-4-3-8(5-9)11(12)13(18)17-14-16-10(6-19-14)7-1-2-7/h6-9,11-12H,1-5,15H2,(H,16,17,18). The molecule has 3 aliphatic rings. The van der Waals surface area contributed by atoms with E-state index in [1.54, 1.807) is 11.3 Å². The van der Waals surface area contributed by atoms with E-state index in [4.69, 9.17) is 5.73 Å². The molecule has 3 saturated carbocycles. The topological polar surface area (TPSA) is 68.0 Å². The van der Waals surface area contributed by atoms with Gasteiger partial charge in [-0.15, -0.1) is 11.3 Å². The first-order chi connectivity index (χ1) is 9.22. The van der Waals surface area contributed by atoms with Gasteiger partial charge < -0.3 is 11.1 Å². The van der Waals surface area contributed by atoms with Crippen LogP contribution in [-0.2, 0) is 4.79 Å². The molecule has 4 rings (SSSR count). The fourth-order valence-corrected chi connectivity index (χ4v) is 4.62. The largest absolute Gasteiger partial charge is 0.327 e. The van der Waals surface area contributed by atoms with Crippen molar-refractivity contribution >= 4 is 22.4 Å². The summed E-state index contributed by atoms with van der Waals surface area (Å²) in [4.78, 5) is 16.9. The number of hydrogen-bond donors (Lipinski definition) is 2. The van der Waals surface area contributed by atoms with Gasteiger partial charge in [-0.3, -0.25) is 4.79 Å². The highest BCUT2D eigenvalue weighted by Gasteiger charge is 2.49. The maximum Gasteiger partial charge on any atom is 0.231 e. The molecular formula is C14H19N3OS. The molecule has 1 heterocycles. The molecule has 19 heavy (non-hydrogen) atoms. The van der Waals surface area contributed by atoms with E-state index >= 15 is 0 Å². The monoisotopic (exact) mass is 277 g/mol. The average Bonchev–Trinajstić information content (AvgIpc) is 2.84. The Labute approximate surface area is 116 Å². The number of anilines is 1. The molecule has 1 aromatic heterocycles. The molecule has 4 nitrogen and oxygen atoms in total. The molecular weight excluding hydrogens is 258 g/mol. The van der Waals surface area contributed by atoms with Crippen LogP contribution >= 0.6 is 11.3 Å². The van der Waals surface area contributed by atoms with Crippen LogP contribution in [0.25, 0.3) is 0 Å². The molecule has 2 bridgehead atoms. The third-order valence-corrected chi connectivity index (χ3v) is 5.81. The molecule has 0 saturated heterocycles. The molecule has 1 amide bonds. The number of nitrogens with zero attached hydrogens (tertiary/aromatic N) is 1. The lowest BCUT2D eigenvalue weighted by atomic mass is 9.84. The van der Waals surface area contributed by atoms with Crippen molar-refractivity contribution in [2.75, 3.05) is 5.32 Å². The van der Waals surface area contributed by atoms with Crippen LogP contribution in [0.2, 0.25) is 0 Å². The van der Waals surface area contributed by atoms with Crippen LogP contribution in [0.4, 0.5) is 5.13 Å². The SMILES string of the molecule is NC1C2CCC(C2)C1C(=O)Nc1nc(C2CC2)cs1. The lowest BCUT2D eigenvalue weighted by Crippen LogP contribution is -2.42. The van der Waals surface area contributed by atoms with Crippen LogP contribution in [0.1, 0.15) is 43.7 Å². The van der Waals surface area contributed by atoms with Crippen molar-refractivity contribution in [3.63, 3.8) is 0 Å². The van der Waals surface area contributed by atoms with E-state index in [9.17, 15) is 4.79 Å². The Morgan fingerprint density at radius 2 is 2.11 bits per heavy atom. The molecule has 0 spiro atoms. The van der Waals surface area contributed by atoms with Crippen molar-refractivity contribution in [3.8, 4) is 0 Å². The zero-order valence-corrected chi connectivity index (χ0v) is 11.7. The van der Waals surface area contributed by atoms with Crippen LogP contribution in [-0.4, -0.2) is 16.9 Å². The summed E-state index contributed by atoms with van der Waals surface area (Å²) >= 11 is 1.54. The predicted octanol–water partition coefficient (Wildman–Crippen LogP) is 2.33. The number of carbonyl (C=O) groups excluding carboxylic acids is 1. The minimum absolute atomic E-state index is 0.00650. The molecule has 0 aromatic carbocycles. The highest BCUT2D eigenvalue weighted by Crippen LogP contribution is 2.48. The quantitative estimate of drug-likeness (QED) is 0.891. The summed E-state index contributed by atoms with van der Waals surface area (Å²) in [6, 6.07) is 0.0571. The Bertz CT molecular complexity index is 509. The second kappa shape index (κ2) is 4.28. The normalized spacial score (nSPS) is 36.7. The number of nitrogens with two attached hydrogens (primary N) is 1. The molecule has 5 heteroatoms. The summed E-state index contributed by atoms with van der Waals surface area (Å²) < 4.78 is 0. The number of amides is 1. The van der Waals surface area contributed by atoms with Crippen molar-refractivity contribution < 1.29 is 4.79 Å². The number of hydrogen-bond acceptors (Lipinski definition) is 4. The summed E-state index contributed by atoms with van der Waals surface area (Å²) in [5.74, 6) is 1.82. The van der Waals surface area contributed by atoms with Gasteiger partial charge in [0.15, 0.2) is 5.13 Å². The highest BCUT2D eigenvalue weighted by molar-refractivity contribution is 7.13. The third kappa shape index (κ3) is 1.99. The molecule has 0 radical (unpaired) electrons. The predicted molar refractivity (Wildman–Crippen MR) is 75.0 cm³/mol. The van der Waals surface area contributed by atoms with E-state index in [2.05, 4.69) is 15.7 Å². The summed E-state index contributed by atoms with van der Waals surface area (Å²) in [7, 11) is 0. The van der Waals surface area contributed by atoms with Gasteiger partial charge in [0.2, 0.25) is 5.91 Å². The Hall–Kier alpha value is -0.940. The minimum atomic E-state index is 0.00650. The fraction of sp³-hybridized carbons (Fsp3) is 0.714. The molecule has 4 unspecified atom stereocenters. The molecule has 3 fully saturated rings. The van der Waals surface area contributed by atoms with Gasteiger partial charge in [0.25, 0.3) is 0 Å². The first-order valence-corrected chi connectivity index (χ1v) is 8.12. The van der Waals surface area contributed by atoms with Gasteiger partial charge >= 0.3 is 0 Å². The number of aromatic nitrogens is 1. The Balaban J connectivity index is 1.45. The maximum atomic E-state index is 12.4. The third-order valence-electron chi connectivity index (χ3n) is 5.03. The Morgan fingerprint density at radius 3 is 2.79 bits per heavy atom. The van der Waals surface area contributed by atoms with Gasteiger partial charge in [0.1, 0.15) is 0 Å². The van der Waals surface area contributed by atoms with Crippen LogP contribution in [0, 0.1) is 17.8 Å². The van der Waals surface area contributed by atoms with Gasteiger partial charge in [-0.2, -0.15) is 0 Å². The molecule has 4 atom stereocenters. The summed E-state index contributed by atoms with van der Waals surface area (Å²) in [5.41, 5.74) is 7.35.